The number of nitrogens with one attached hydrogen (secondary N) is 1. The van der Waals surface area contributed by atoms with Gasteiger partial charge in [0.15, 0.2) is 0 Å². The number of aromatic nitrogens is 1. The molecule has 1 saturated heterocycles. The van der Waals surface area contributed by atoms with Crippen LogP contribution >= 0.6 is 0 Å². The molecule has 0 bridgehead atoms. The summed E-state index contributed by atoms with van der Waals surface area (Å²) in [6, 6.07) is 4.28. The first kappa shape index (κ1) is 11.2. The van der Waals surface area contributed by atoms with E-state index >= 15 is 0 Å². The van der Waals surface area contributed by atoms with Crippen LogP contribution in [0.15, 0.2) is 18.3 Å². The van der Waals surface area contributed by atoms with Crippen molar-refractivity contribution in [1.82, 2.24) is 4.98 Å². The van der Waals surface area contributed by atoms with Gasteiger partial charge in [-0.05, 0) is 25.5 Å². The minimum absolute atomic E-state index is 0.0622. The van der Waals surface area contributed by atoms with Gasteiger partial charge in [0.2, 0.25) is 0 Å². The van der Waals surface area contributed by atoms with Crippen molar-refractivity contribution in [2.45, 2.75) is 25.6 Å². The highest BCUT2D eigenvalue weighted by Crippen LogP contribution is 2.18. The van der Waals surface area contributed by atoms with Gasteiger partial charge in [-0.1, -0.05) is 0 Å². The highest BCUT2D eigenvalue weighted by molar-refractivity contribution is 5.49. The highest BCUT2D eigenvalue weighted by Gasteiger charge is 2.19. The Morgan fingerprint density at radius 1 is 1.56 bits per heavy atom. The first-order valence-corrected chi connectivity index (χ1v) is 5.64. The molecule has 1 aromatic heterocycles. The van der Waals surface area contributed by atoms with Crippen molar-refractivity contribution in [3.8, 4) is 0 Å². The maximum atomic E-state index is 5.86. The molecule has 88 valence electrons. The first-order chi connectivity index (χ1) is 7.65. The second-order valence-corrected chi connectivity index (χ2v) is 4.33. The lowest BCUT2D eigenvalue weighted by Crippen LogP contribution is -2.27. The lowest BCUT2D eigenvalue weighted by molar-refractivity contribution is 0.751. The molecule has 5 nitrogen and oxygen atoms in total. The molecule has 5 N–H and O–H groups in total. The molecule has 2 rings (SSSR count). The summed E-state index contributed by atoms with van der Waals surface area (Å²) in [5, 5.41) is 3.10. The predicted octanol–water partition coefficient (Wildman–Crippen LogP) is 0.336. The highest BCUT2D eigenvalue weighted by atomic mass is 15.2. The molecule has 0 aromatic carbocycles. The second kappa shape index (κ2) is 4.67. The summed E-state index contributed by atoms with van der Waals surface area (Å²) in [7, 11) is 0. The van der Waals surface area contributed by atoms with Crippen molar-refractivity contribution >= 4 is 11.5 Å². The van der Waals surface area contributed by atoms with Crippen molar-refractivity contribution in [2.75, 3.05) is 23.3 Å². The zero-order chi connectivity index (χ0) is 11.5. The van der Waals surface area contributed by atoms with Gasteiger partial charge in [0, 0.05) is 19.1 Å². The maximum absolute atomic E-state index is 5.86. The van der Waals surface area contributed by atoms with Gasteiger partial charge in [-0.25, -0.2) is 4.98 Å². The zero-order valence-corrected chi connectivity index (χ0v) is 9.56. The summed E-state index contributed by atoms with van der Waals surface area (Å²) in [6.45, 7) is 3.79. The fourth-order valence-corrected chi connectivity index (χ4v) is 1.92. The monoisotopic (exact) mass is 221 g/mol. The van der Waals surface area contributed by atoms with Crippen molar-refractivity contribution in [1.29, 1.82) is 0 Å². The summed E-state index contributed by atoms with van der Waals surface area (Å²) < 4.78 is 0. The Morgan fingerprint density at radius 3 is 2.88 bits per heavy atom. The number of nitrogens with zero attached hydrogens (tertiary/aromatic N) is 2. The van der Waals surface area contributed by atoms with Gasteiger partial charge in [-0.15, -0.1) is 0 Å². The number of rotatable bonds is 3. The molecule has 2 unspecified atom stereocenters. The first-order valence-electron chi connectivity index (χ1n) is 5.64. The number of hydrogen-bond donors (Lipinski definition) is 3. The standard InChI is InChI=1S/C11H19N5/c1-8(12)15-10-2-3-11(14-6-10)16-5-4-9(13)7-16/h2-3,6,8-9,15H,4-5,7,12-13H2,1H3. The van der Waals surface area contributed by atoms with E-state index < -0.39 is 0 Å². The summed E-state index contributed by atoms with van der Waals surface area (Å²) in [4.78, 5) is 6.61. The van der Waals surface area contributed by atoms with Gasteiger partial charge in [-0.2, -0.15) is 0 Å². The number of anilines is 2. The van der Waals surface area contributed by atoms with Crippen LogP contribution in [0.2, 0.25) is 0 Å². The Morgan fingerprint density at radius 2 is 2.38 bits per heavy atom. The van der Waals surface area contributed by atoms with E-state index in [1.807, 2.05) is 25.3 Å². The molecule has 16 heavy (non-hydrogen) atoms. The summed E-state index contributed by atoms with van der Waals surface area (Å²) in [5.74, 6) is 0.989. The van der Waals surface area contributed by atoms with Crippen molar-refractivity contribution < 1.29 is 0 Å². The van der Waals surface area contributed by atoms with Gasteiger partial charge in [0.1, 0.15) is 5.82 Å². The van der Waals surface area contributed by atoms with Gasteiger partial charge in [0.05, 0.1) is 18.1 Å². The van der Waals surface area contributed by atoms with E-state index in [4.69, 9.17) is 11.5 Å². The van der Waals surface area contributed by atoms with E-state index in [0.717, 1.165) is 31.0 Å². The van der Waals surface area contributed by atoms with Crippen LogP contribution in [0.3, 0.4) is 0 Å². The molecule has 0 saturated carbocycles. The second-order valence-electron chi connectivity index (χ2n) is 4.33. The SMILES string of the molecule is CC(N)Nc1ccc(N2CCC(N)C2)nc1. The molecule has 2 heterocycles. The Kier molecular flexibility index (Phi) is 3.26. The molecule has 5 heteroatoms. The van der Waals surface area contributed by atoms with Gasteiger partial charge >= 0.3 is 0 Å². The quantitative estimate of drug-likeness (QED) is 0.641. The van der Waals surface area contributed by atoms with Crippen LogP contribution in [-0.2, 0) is 0 Å². The number of pyridine rings is 1. The smallest absolute Gasteiger partial charge is 0.128 e. The molecule has 0 spiro atoms. The Balaban J connectivity index is 2.02. The Labute approximate surface area is 95.8 Å². The topological polar surface area (TPSA) is 80.2 Å². The van der Waals surface area contributed by atoms with Crippen LogP contribution in [-0.4, -0.2) is 30.3 Å². The molecule has 1 aromatic rings. The van der Waals surface area contributed by atoms with Crippen LogP contribution in [0.5, 0.6) is 0 Å². The normalized spacial score (nSPS) is 22.2. The van der Waals surface area contributed by atoms with E-state index in [9.17, 15) is 0 Å². The fourth-order valence-electron chi connectivity index (χ4n) is 1.92. The predicted molar refractivity (Wildman–Crippen MR) is 66.3 cm³/mol. The van der Waals surface area contributed by atoms with E-state index in [1.165, 1.54) is 0 Å². The lowest BCUT2D eigenvalue weighted by Gasteiger charge is -2.17. The summed E-state index contributed by atoms with van der Waals surface area (Å²) >= 11 is 0. The molecular weight excluding hydrogens is 202 g/mol. The molecule has 1 aliphatic rings. The van der Waals surface area contributed by atoms with E-state index in [0.29, 0.717) is 0 Å². The van der Waals surface area contributed by atoms with Crippen molar-refractivity contribution in [3.05, 3.63) is 18.3 Å². The molecule has 0 amide bonds. The van der Waals surface area contributed by atoms with Crippen molar-refractivity contribution in [3.63, 3.8) is 0 Å². The van der Waals surface area contributed by atoms with Crippen LogP contribution in [0.4, 0.5) is 11.5 Å². The van der Waals surface area contributed by atoms with Crippen molar-refractivity contribution in [2.24, 2.45) is 11.5 Å². The molecule has 1 fully saturated rings. The lowest BCUT2D eigenvalue weighted by atomic mass is 10.3. The third kappa shape index (κ3) is 2.62. The largest absolute Gasteiger partial charge is 0.369 e. The molecule has 1 aliphatic heterocycles. The molecule has 2 atom stereocenters. The summed E-state index contributed by atoms with van der Waals surface area (Å²) in [5.41, 5.74) is 12.4. The van der Waals surface area contributed by atoms with Gasteiger partial charge < -0.3 is 21.7 Å². The summed E-state index contributed by atoms with van der Waals surface area (Å²) in [6.07, 6.45) is 2.79. The molecule has 0 radical (unpaired) electrons. The third-order valence-corrected chi connectivity index (χ3v) is 2.69. The van der Waals surface area contributed by atoms with E-state index in [-0.39, 0.29) is 12.2 Å². The molecule has 0 aliphatic carbocycles. The average molecular weight is 221 g/mol. The number of nitrogens with two attached hydrogens (primary N) is 2. The minimum Gasteiger partial charge on any atom is -0.369 e. The fraction of sp³-hybridized carbons (Fsp3) is 0.545. The van der Waals surface area contributed by atoms with Crippen LogP contribution in [0, 0.1) is 0 Å². The van der Waals surface area contributed by atoms with Crippen LogP contribution in [0.1, 0.15) is 13.3 Å². The van der Waals surface area contributed by atoms with Crippen LogP contribution < -0.4 is 21.7 Å². The van der Waals surface area contributed by atoms with Gasteiger partial charge in [0.25, 0.3) is 0 Å². The number of hydrogen-bond acceptors (Lipinski definition) is 5. The Bertz CT molecular complexity index is 335. The third-order valence-electron chi connectivity index (χ3n) is 2.69. The minimum atomic E-state index is -0.0622. The Hall–Kier alpha value is -1.33. The van der Waals surface area contributed by atoms with Crippen LogP contribution in [0.25, 0.3) is 0 Å². The van der Waals surface area contributed by atoms with E-state index in [2.05, 4.69) is 15.2 Å². The zero-order valence-electron chi connectivity index (χ0n) is 9.56. The molecular formula is C11H19N5. The van der Waals surface area contributed by atoms with Gasteiger partial charge in [-0.3, -0.25) is 0 Å². The maximum Gasteiger partial charge on any atom is 0.128 e. The van der Waals surface area contributed by atoms with E-state index in [1.54, 1.807) is 0 Å². The average Bonchev–Trinajstić information content (AvgIpc) is 2.65.